The third-order valence-electron chi connectivity index (χ3n) is 4.65. The molecule has 23 heavy (non-hydrogen) atoms. The predicted molar refractivity (Wildman–Crippen MR) is 87.8 cm³/mol. The lowest BCUT2D eigenvalue weighted by atomic mass is 9.87. The third-order valence-corrected chi connectivity index (χ3v) is 5.55. The largest absolute Gasteiger partial charge is 0.355 e. The molecule has 4 nitrogen and oxygen atoms in total. The first-order valence-corrected chi connectivity index (χ1v) is 8.50. The van der Waals surface area contributed by atoms with Gasteiger partial charge in [-0.05, 0) is 36.5 Å². The van der Waals surface area contributed by atoms with Crippen LogP contribution in [0, 0.1) is 18.2 Å². The van der Waals surface area contributed by atoms with Crippen LogP contribution in [0.3, 0.4) is 0 Å². The van der Waals surface area contributed by atoms with Gasteiger partial charge in [0.2, 0.25) is 5.91 Å². The molecule has 0 radical (unpaired) electrons. The zero-order valence-electron chi connectivity index (χ0n) is 13.5. The SMILES string of the molecule is Cc1nnc(CCNC(=O)[C@@]2(c3ccc(F)cc3)CC2(C)C)s1. The van der Waals surface area contributed by atoms with E-state index in [0.717, 1.165) is 22.0 Å². The van der Waals surface area contributed by atoms with Crippen molar-refractivity contribution in [3.05, 3.63) is 45.7 Å². The van der Waals surface area contributed by atoms with Crippen molar-refractivity contribution in [2.24, 2.45) is 5.41 Å². The summed E-state index contributed by atoms with van der Waals surface area (Å²) in [4.78, 5) is 12.8. The van der Waals surface area contributed by atoms with Crippen molar-refractivity contribution in [1.29, 1.82) is 0 Å². The van der Waals surface area contributed by atoms with E-state index in [1.807, 2.05) is 6.92 Å². The van der Waals surface area contributed by atoms with Crippen molar-refractivity contribution in [2.75, 3.05) is 6.54 Å². The summed E-state index contributed by atoms with van der Waals surface area (Å²) in [5, 5.41) is 12.9. The summed E-state index contributed by atoms with van der Waals surface area (Å²) in [6, 6.07) is 6.28. The van der Waals surface area contributed by atoms with Crippen LogP contribution in [0.5, 0.6) is 0 Å². The Morgan fingerprint density at radius 3 is 2.48 bits per heavy atom. The molecule has 1 heterocycles. The Bertz CT molecular complexity index is 726. The highest BCUT2D eigenvalue weighted by atomic mass is 32.1. The number of nitrogens with zero attached hydrogens (tertiary/aromatic N) is 2. The van der Waals surface area contributed by atoms with E-state index >= 15 is 0 Å². The van der Waals surface area contributed by atoms with Crippen LogP contribution in [0.2, 0.25) is 0 Å². The monoisotopic (exact) mass is 333 g/mol. The molecule has 0 spiro atoms. The van der Waals surface area contributed by atoms with Crippen LogP contribution in [-0.4, -0.2) is 22.6 Å². The number of amides is 1. The topological polar surface area (TPSA) is 54.9 Å². The van der Waals surface area contributed by atoms with Crippen molar-refractivity contribution < 1.29 is 9.18 Å². The molecule has 1 aromatic carbocycles. The highest BCUT2D eigenvalue weighted by Crippen LogP contribution is 2.64. The first-order valence-electron chi connectivity index (χ1n) is 7.68. The van der Waals surface area contributed by atoms with Crippen molar-refractivity contribution in [2.45, 2.75) is 39.0 Å². The van der Waals surface area contributed by atoms with E-state index < -0.39 is 5.41 Å². The molecule has 3 rings (SSSR count). The number of hydrogen-bond acceptors (Lipinski definition) is 4. The van der Waals surface area contributed by atoms with Crippen LogP contribution in [-0.2, 0) is 16.6 Å². The van der Waals surface area contributed by atoms with Gasteiger partial charge in [0, 0.05) is 13.0 Å². The normalized spacial score (nSPS) is 21.9. The highest BCUT2D eigenvalue weighted by Gasteiger charge is 2.66. The fourth-order valence-electron chi connectivity index (χ4n) is 3.24. The summed E-state index contributed by atoms with van der Waals surface area (Å²) in [6.45, 7) is 6.59. The first kappa shape index (κ1) is 16.1. The summed E-state index contributed by atoms with van der Waals surface area (Å²) >= 11 is 1.55. The van der Waals surface area contributed by atoms with Gasteiger partial charge in [-0.3, -0.25) is 4.79 Å². The van der Waals surface area contributed by atoms with Crippen LogP contribution >= 0.6 is 11.3 Å². The molecule has 1 saturated carbocycles. The second-order valence-electron chi connectivity index (χ2n) is 6.69. The molecule has 1 fully saturated rings. The zero-order valence-corrected chi connectivity index (χ0v) is 14.3. The Balaban J connectivity index is 1.69. The summed E-state index contributed by atoms with van der Waals surface area (Å²) in [6.07, 6.45) is 1.45. The molecule has 1 aliphatic rings. The summed E-state index contributed by atoms with van der Waals surface area (Å²) in [7, 11) is 0. The Morgan fingerprint density at radius 1 is 1.30 bits per heavy atom. The number of halogens is 1. The molecular weight excluding hydrogens is 313 g/mol. The fourth-order valence-corrected chi connectivity index (χ4v) is 3.95. The van der Waals surface area contributed by atoms with Gasteiger partial charge < -0.3 is 5.32 Å². The molecule has 122 valence electrons. The van der Waals surface area contributed by atoms with E-state index in [-0.39, 0.29) is 17.1 Å². The van der Waals surface area contributed by atoms with Gasteiger partial charge in [0.15, 0.2) is 0 Å². The van der Waals surface area contributed by atoms with Crippen LogP contribution in [0.1, 0.15) is 35.8 Å². The minimum absolute atomic E-state index is 0.00958. The second kappa shape index (κ2) is 5.67. The van der Waals surface area contributed by atoms with E-state index in [4.69, 9.17) is 0 Å². The van der Waals surface area contributed by atoms with E-state index in [2.05, 4.69) is 29.4 Å². The van der Waals surface area contributed by atoms with Crippen molar-refractivity contribution in [1.82, 2.24) is 15.5 Å². The van der Waals surface area contributed by atoms with Crippen molar-refractivity contribution in [3.8, 4) is 0 Å². The minimum atomic E-state index is -0.558. The average Bonchev–Trinajstić information content (AvgIpc) is 2.85. The van der Waals surface area contributed by atoms with E-state index in [9.17, 15) is 9.18 Å². The first-order chi connectivity index (χ1) is 10.8. The van der Waals surface area contributed by atoms with Gasteiger partial charge in [-0.15, -0.1) is 21.5 Å². The number of carbonyl (C=O) groups is 1. The Hall–Kier alpha value is -1.82. The molecule has 6 heteroatoms. The van der Waals surface area contributed by atoms with Crippen LogP contribution in [0.15, 0.2) is 24.3 Å². The van der Waals surface area contributed by atoms with Crippen molar-refractivity contribution >= 4 is 17.2 Å². The van der Waals surface area contributed by atoms with Crippen LogP contribution in [0.4, 0.5) is 4.39 Å². The molecule has 0 saturated heterocycles. The molecule has 1 N–H and O–H groups in total. The van der Waals surface area contributed by atoms with Crippen molar-refractivity contribution in [3.63, 3.8) is 0 Å². The summed E-state index contributed by atoms with van der Waals surface area (Å²) in [5.74, 6) is -0.273. The Kier molecular flexibility index (Phi) is 3.96. The maximum absolute atomic E-state index is 13.2. The zero-order chi connectivity index (χ0) is 16.7. The molecule has 0 bridgehead atoms. The van der Waals surface area contributed by atoms with Gasteiger partial charge in [0.25, 0.3) is 0 Å². The molecule has 1 aromatic heterocycles. The lowest BCUT2D eigenvalue weighted by Gasteiger charge is -2.20. The number of benzene rings is 1. The van der Waals surface area contributed by atoms with Gasteiger partial charge in [-0.1, -0.05) is 26.0 Å². The van der Waals surface area contributed by atoms with Crippen LogP contribution < -0.4 is 5.32 Å². The summed E-state index contributed by atoms with van der Waals surface area (Å²) < 4.78 is 13.2. The smallest absolute Gasteiger partial charge is 0.231 e. The number of nitrogens with one attached hydrogen (secondary N) is 1. The minimum Gasteiger partial charge on any atom is -0.355 e. The van der Waals surface area contributed by atoms with Gasteiger partial charge in [-0.25, -0.2) is 4.39 Å². The summed E-state index contributed by atoms with van der Waals surface area (Å²) in [5.41, 5.74) is 0.208. The van der Waals surface area contributed by atoms with E-state index in [0.29, 0.717) is 13.0 Å². The predicted octanol–water partition coefficient (Wildman–Crippen LogP) is 3.01. The standard InChI is InChI=1S/C17H20FN3OS/c1-11-20-21-14(23-11)8-9-19-15(22)17(10-16(17,2)3)12-4-6-13(18)7-5-12/h4-7H,8-10H2,1-3H3,(H,19,22)/t17-/m0/s1. The maximum atomic E-state index is 13.2. The molecular formula is C17H20FN3OS. The van der Waals surface area contributed by atoms with Gasteiger partial charge in [-0.2, -0.15) is 0 Å². The number of carbonyl (C=O) groups excluding carboxylic acids is 1. The van der Waals surface area contributed by atoms with Gasteiger partial charge >= 0.3 is 0 Å². The van der Waals surface area contributed by atoms with Gasteiger partial charge in [0.1, 0.15) is 15.8 Å². The average molecular weight is 333 g/mol. The molecule has 1 atom stereocenters. The fraction of sp³-hybridized carbons (Fsp3) is 0.471. The molecule has 2 aromatic rings. The second-order valence-corrected chi connectivity index (χ2v) is 7.96. The maximum Gasteiger partial charge on any atom is 0.231 e. The van der Waals surface area contributed by atoms with E-state index in [1.165, 1.54) is 12.1 Å². The third kappa shape index (κ3) is 2.87. The molecule has 0 unspecified atom stereocenters. The quantitative estimate of drug-likeness (QED) is 0.915. The lowest BCUT2D eigenvalue weighted by molar-refractivity contribution is -0.124. The highest BCUT2D eigenvalue weighted by molar-refractivity contribution is 7.11. The number of aromatic nitrogens is 2. The molecule has 0 aliphatic heterocycles. The molecule has 1 amide bonds. The number of rotatable bonds is 5. The number of aryl methyl sites for hydroxylation is 1. The Morgan fingerprint density at radius 2 is 1.96 bits per heavy atom. The Labute approximate surface area is 139 Å². The molecule has 1 aliphatic carbocycles. The van der Waals surface area contributed by atoms with Gasteiger partial charge in [0.05, 0.1) is 5.41 Å². The van der Waals surface area contributed by atoms with Crippen LogP contribution in [0.25, 0.3) is 0 Å². The number of hydrogen-bond donors (Lipinski definition) is 1. The lowest BCUT2D eigenvalue weighted by Crippen LogP contribution is -2.38. The van der Waals surface area contributed by atoms with E-state index in [1.54, 1.807) is 23.5 Å².